The second kappa shape index (κ2) is 4.84. The Labute approximate surface area is 93.9 Å². The Morgan fingerprint density at radius 2 is 2.20 bits per heavy atom. The SMILES string of the molecule is CN=CC(=CN)c1cc(O)c(C)c(Cl)c1. The normalized spacial score (nSPS) is 12.3. The highest BCUT2D eigenvalue weighted by molar-refractivity contribution is 6.32. The standard InChI is InChI=1S/C11H13ClN2O/c1-7-10(12)3-8(4-11(7)15)9(5-13)6-14-2/h3-6,15H,13H2,1-2H3. The zero-order valence-electron chi connectivity index (χ0n) is 8.66. The third-order valence-electron chi connectivity index (χ3n) is 2.10. The number of phenolic OH excluding ortho intramolecular Hbond substituents is 1. The molecule has 1 rings (SSSR count). The zero-order chi connectivity index (χ0) is 11.4. The molecule has 0 aliphatic rings. The van der Waals surface area contributed by atoms with Crippen LogP contribution in [0.25, 0.3) is 5.57 Å². The highest BCUT2D eigenvalue weighted by Gasteiger charge is 2.06. The Morgan fingerprint density at radius 1 is 1.53 bits per heavy atom. The van der Waals surface area contributed by atoms with Crippen molar-refractivity contribution in [2.45, 2.75) is 6.92 Å². The third-order valence-corrected chi connectivity index (χ3v) is 2.49. The van der Waals surface area contributed by atoms with Crippen LogP contribution in [0.5, 0.6) is 5.75 Å². The summed E-state index contributed by atoms with van der Waals surface area (Å²) in [5.41, 5.74) is 7.57. The van der Waals surface area contributed by atoms with Gasteiger partial charge in [0.25, 0.3) is 0 Å². The number of phenols is 1. The maximum Gasteiger partial charge on any atom is 0.120 e. The number of nitrogens with two attached hydrogens (primary N) is 1. The highest BCUT2D eigenvalue weighted by Crippen LogP contribution is 2.29. The van der Waals surface area contributed by atoms with Gasteiger partial charge in [-0.2, -0.15) is 0 Å². The summed E-state index contributed by atoms with van der Waals surface area (Å²) in [6.07, 6.45) is 3.04. The van der Waals surface area contributed by atoms with Crippen molar-refractivity contribution >= 4 is 23.4 Å². The van der Waals surface area contributed by atoms with Gasteiger partial charge in [0.2, 0.25) is 0 Å². The molecule has 0 aromatic heterocycles. The number of rotatable bonds is 2. The largest absolute Gasteiger partial charge is 0.508 e. The minimum atomic E-state index is 0.154. The van der Waals surface area contributed by atoms with E-state index in [9.17, 15) is 5.11 Å². The Hall–Kier alpha value is -1.48. The topological polar surface area (TPSA) is 58.6 Å². The van der Waals surface area contributed by atoms with E-state index in [0.717, 1.165) is 11.1 Å². The maximum atomic E-state index is 9.60. The van der Waals surface area contributed by atoms with E-state index in [1.807, 2.05) is 0 Å². The van der Waals surface area contributed by atoms with Crippen molar-refractivity contribution in [3.8, 4) is 5.75 Å². The van der Waals surface area contributed by atoms with Gasteiger partial charge in [-0.25, -0.2) is 0 Å². The lowest BCUT2D eigenvalue weighted by atomic mass is 10.1. The molecule has 0 amide bonds. The molecule has 4 heteroatoms. The number of halogens is 1. The number of nitrogens with zero attached hydrogens (tertiary/aromatic N) is 1. The van der Waals surface area contributed by atoms with Gasteiger partial charge in [-0.05, 0) is 24.6 Å². The smallest absolute Gasteiger partial charge is 0.120 e. The van der Waals surface area contributed by atoms with Crippen molar-refractivity contribution in [3.63, 3.8) is 0 Å². The second-order valence-corrected chi connectivity index (χ2v) is 3.52. The molecular formula is C11H13ClN2O. The number of hydrogen-bond acceptors (Lipinski definition) is 3. The number of aliphatic imine (C=N–C) groups is 1. The molecule has 0 fully saturated rings. The van der Waals surface area contributed by atoms with Crippen LogP contribution in [-0.4, -0.2) is 18.4 Å². The van der Waals surface area contributed by atoms with E-state index in [1.54, 1.807) is 32.3 Å². The van der Waals surface area contributed by atoms with E-state index in [2.05, 4.69) is 4.99 Å². The first-order valence-electron chi connectivity index (χ1n) is 4.43. The maximum absolute atomic E-state index is 9.60. The van der Waals surface area contributed by atoms with E-state index >= 15 is 0 Å². The molecule has 1 aromatic carbocycles. The van der Waals surface area contributed by atoms with E-state index in [0.29, 0.717) is 10.6 Å². The molecule has 3 N–H and O–H groups in total. The summed E-state index contributed by atoms with van der Waals surface area (Å²) in [6.45, 7) is 1.75. The van der Waals surface area contributed by atoms with E-state index < -0.39 is 0 Å². The lowest BCUT2D eigenvalue weighted by Crippen LogP contribution is -1.92. The molecule has 15 heavy (non-hydrogen) atoms. The average Bonchev–Trinajstić information content (AvgIpc) is 2.22. The Morgan fingerprint density at radius 3 is 2.67 bits per heavy atom. The van der Waals surface area contributed by atoms with Gasteiger partial charge in [-0.1, -0.05) is 11.6 Å². The van der Waals surface area contributed by atoms with Crippen molar-refractivity contribution in [2.75, 3.05) is 7.05 Å². The van der Waals surface area contributed by atoms with Crippen molar-refractivity contribution < 1.29 is 5.11 Å². The number of benzene rings is 1. The molecule has 0 bridgehead atoms. The lowest BCUT2D eigenvalue weighted by molar-refractivity contribution is 0.471. The summed E-state index contributed by atoms with van der Waals surface area (Å²) >= 11 is 5.95. The summed E-state index contributed by atoms with van der Waals surface area (Å²) < 4.78 is 0. The van der Waals surface area contributed by atoms with E-state index in [-0.39, 0.29) is 5.75 Å². The molecule has 0 atom stereocenters. The third kappa shape index (κ3) is 2.50. The Kier molecular flexibility index (Phi) is 3.74. The lowest BCUT2D eigenvalue weighted by Gasteiger charge is -2.06. The summed E-state index contributed by atoms with van der Waals surface area (Å²) in [5, 5.41) is 10.1. The van der Waals surface area contributed by atoms with Crippen LogP contribution in [0.1, 0.15) is 11.1 Å². The molecule has 0 spiro atoms. The van der Waals surface area contributed by atoms with Crippen LogP contribution in [0.4, 0.5) is 0 Å². The van der Waals surface area contributed by atoms with Gasteiger partial charge in [0.1, 0.15) is 5.75 Å². The van der Waals surface area contributed by atoms with Gasteiger partial charge in [0.15, 0.2) is 0 Å². The highest BCUT2D eigenvalue weighted by atomic mass is 35.5. The number of allylic oxidation sites excluding steroid dienone is 1. The van der Waals surface area contributed by atoms with Crippen LogP contribution in [0.15, 0.2) is 23.3 Å². The molecule has 80 valence electrons. The van der Waals surface area contributed by atoms with Gasteiger partial charge in [0, 0.05) is 35.6 Å². The first kappa shape index (κ1) is 11.6. The van der Waals surface area contributed by atoms with E-state index in [1.165, 1.54) is 6.20 Å². The van der Waals surface area contributed by atoms with E-state index in [4.69, 9.17) is 17.3 Å². The van der Waals surface area contributed by atoms with Crippen LogP contribution in [0, 0.1) is 6.92 Å². The molecular weight excluding hydrogens is 212 g/mol. The predicted molar refractivity (Wildman–Crippen MR) is 64.4 cm³/mol. The number of aromatic hydroxyl groups is 1. The van der Waals surface area contributed by atoms with Gasteiger partial charge >= 0.3 is 0 Å². The fraction of sp³-hybridized carbons (Fsp3) is 0.182. The van der Waals surface area contributed by atoms with Crippen molar-refractivity contribution in [1.82, 2.24) is 0 Å². The summed E-state index contributed by atoms with van der Waals surface area (Å²) in [7, 11) is 1.65. The van der Waals surface area contributed by atoms with Gasteiger partial charge in [-0.3, -0.25) is 4.99 Å². The molecule has 0 saturated carbocycles. The number of hydrogen-bond donors (Lipinski definition) is 2. The summed E-state index contributed by atoms with van der Waals surface area (Å²) in [6, 6.07) is 3.36. The first-order valence-corrected chi connectivity index (χ1v) is 4.81. The summed E-state index contributed by atoms with van der Waals surface area (Å²) in [5.74, 6) is 0.154. The van der Waals surface area contributed by atoms with Crippen LogP contribution in [0.3, 0.4) is 0 Å². The fourth-order valence-corrected chi connectivity index (χ4v) is 1.40. The molecule has 3 nitrogen and oxygen atoms in total. The first-order chi connectivity index (χ1) is 7.10. The van der Waals surface area contributed by atoms with Gasteiger partial charge in [0.05, 0.1) is 0 Å². The Bertz CT molecular complexity index is 402. The molecule has 0 aliphatic carbocycles. The van der Waals surface area contributed by atoms with Gasteiger partial charge < -0.3 is 10.8 Å². The monoisotopic (exact) mass is 224 g/mol. The van der Waals surface area contributed by atoms with Crippen LogP contribution >= 0.6 is 11.6 Å². The van der Waals surface area contributed by atoms with Crippen LogP contribution in [0.2, 0.25) is 5.02 Å². The summed E-state index contributed by atoms with van der Waals surface area (Å²) in [4.78, 5) is 3.87. The minimum absolute atomic E-state index is 0.154. The zero-order valence-corrected chi connectivity index (χ0v) is 9.42. The van der Waals surface area contributed by atoms with Crippen molar-refractivity contribution in [2.24, 2.45) is 10.7 Å². The molecule has 1 aromatic rings. The molecule has 0 radical (unpaired) electrons. The molecule has 0 aliphatic heterocycles. The molecule has 0 saturated heterocycles. The van der Waals surface area contributed by atoms with Crippen molar-refractivity contribution in [3.05, 3.63) is 34.5 Å². The van der Waals surface area contributed by atoms with Gasteiger partial charge in [-0.15, -0.1) is 0 Å². The molecule has 0 unspecified atom stereocenters. The minimum Gasteiger partial charge on any atom is -0.508 e. The van der Waals surface area contributed by atoms with Crippen LogP contribution < -0.4 is 5.73 Å². The predicted octanol–water partition coefficient (Wildman–Crippen LogP) is 2.35. The Balaban J connectivity index is 3.27. The fourth-order valence-electron chi connectivity index (χ4n) is 1.18. The quantitative estimate of drug-likeness (QED) is 0.758. The van der Waals surface area contributed by atoms with Crippen LogP contribution in [-0.2, 0) is 0 Å². The second-order valence-electron chi connectivity index (χ2n) is 3.11. The molecule has 0 heterocycles. The average molecular weight is 225 g/mol. The van der Waals surface area contributed by atoms with Crippen molar-refractivity contribution in [1.29, 1.82) is 0 Å².